The largest absolute Gasteiger partial charge is 0.495 e. The zero-order valence-electron chi connectivity index (χ0n) is 18.2. The van der Waals surface area contributed by atoms with Crippen LogP contribution in [0, 0.1) is 5.92 Å². The Morgan fingerprint density at radius 3 is 2.67 bits per heavy atom. The fourth-order valence-corrected chi connectivity index (χ4v) is 3.77. The summed E-state index contributed by atoms with van der Waals surface area (Å²) < 4.78 is 5.35. The van der Waals surface area contributed by atoms with Gasteiger partial charge in [-0.15, -0.1) is 0 Å². The fraction of sp³-hybridized carbons (Fsp3) is 0.200. The van der Waals surface area contributed by atoms with Gasteiger partial charge in [-0.05, 0) is 42.0 Å². The molecule has 1 unspecified atom stereocenters. The molecular formula is C25H24N4O4. The van der Waals surface area contributed by atoms with Gasteiger partial charge in [-0.25, -0.2) is 0 Å². The first-order chi connectivity index (χ1) is 16.0. The van der Waals surface area contributed by atoms with E-state index < -0.39 is 5.92 Å². The highest BCUT2D eigenvalue weighted by atomic mass is 16.5. The van der Waals surface area contributed by atoms with E-state index in [4.69, 9.17) is 4.74 Å². The standard InChI is InChI=1S/C25H24N4O4/c1-33-22-8-3-2-7-21(22)29-16-19(14-23(29)30)24(31)27-15-17-5-4-6-20(13-17)28-25(32)18-9-11-26-12-10-18/h2-13,19H,14-16H2,1H3,(H,27,31)(H,28,32). The van der Waals surface area contributed by atoms with Gasteiger partial charge in [-0.3, -0.25) is 19.4 Å². The van der Waals surface area contributed by atoms with E-state index in [0.717, 1.165) is 5.56 Å². The lowest BCUT2D eigenvalue weighted by atomic mass is 10.1. The molecule has 0 bridgehead atoms. The molecule has 2 aromatic carbocycles. The normalized spacial score (nSPS) is 15.2. The molecule has 8 nitrogen and oxygen atoms in total. The number of rotatable bonds is 7. The summed E-state index contributed by atoms with van der Waals surface area (Å²) in [6, 6.07) is 17.8. The van der Waals surface area contributed by atoms with Crippen LogP contribution in [0.5, 0.6) is 5.75 Å². The third-order valence-electron chi connectivity index (χ3n) is 5.47. The smallest absolute Gasteiger partial charge is 0.255 e. The lowest BCUT2D eigenvalue weighted by molar-refractivity contribution is -0.126. The minimum atomic E-state index is -0.447. The van der Waals surface area contributed by atoms with E-state index >= 15 is 0 Å². The van der Waals surface area contributed by atoms with Gasteiger partial charge in [0.2, 0.25) is 11.8 Å². The summed E-state index contributed by atoms with van der Waals surface area (Å²) in [6.07, 6.45) is 3.26. The molecule has 0 spiro atoms. The molecule has 8 heteroatoms. The zero-order valence-corrected chi connectivity index (χ0v) is 18.2. The van der Waals surface area contributed by atoms with E-state index in [1.54, 1.807) is 54.7 Å². The van der Waals surface area contributed by atoms with Gasteiger partial charge < -0.3 is 20.3 Å². The predicted octanol–water partition coefficient (Wildman–Crippen LogP) is 3.01. The minimum Gasteiger partial charge on any atom is -0.495 e. The second-order valence-corrected chi connectivity index (χ2v) is 7.69. The molecule has 0 aliphatic carbocycles. The highest BCUT2D eigenvalue weighted by Crippen LogP contribution is 2.32. The molecule has 2 N–H and O–H groups in total. The summed E-state index contributed by atoms with van der Waals surface area (Å²) in [5.41, 5.74) is 2.64. The summed E-state index contributed by atoms with van der Waals surface area (Å²) in [5.74, 6) is -0.388. The predicted molar refractivity (Wildman–Crippen MR) is 124 cm³/mol. The highest BCUT2D eigenvalue weighted by molar-refractivity contribution is 6.04. The number of anilines is 2. The van der Waals surface area contributed by atoms with Crippen LogP contribution < -0.4 is 20.3 Å². The third kappa shape index (κ3) is 5.17. The van der Waals surface area contributed by atoms with Crippen molar-refractivity contribution in [1.82, 2.24) is 10.3 Å². The number of amides is 3. The maximum Gasteiger partial charge on any atom is 0.255 e. The van der Waals surface area contributed by atoms with Crippen LogP contribution in [0.15, 0.2) is 73.1 Å². The summed E-state index contributed by atoms with van der Waals surface area (Å²) in [6.45, 7) is 0.588. The van der Waals surface area contributed by atoms with Gasteiger partial charge in [-0.1, -0.05) is 24.3 Å². The fourth-order valence-electron chi connectivity index (χ4n) is 3.77. The number of carbonyl (C=O) groups excluding carboxylic acids is 3. The molecule has 168 valence electrons. The average Bonchev–Trinajstić information content (AvgIpc) is 3.24. The Hall–Kier alpha value is -4.20. The summed E-state index contributed by atoms with van der Waals surface area (Å²) >= 11 is 0. The van der Waals surface area contributed by atoms with Gasteiger partial charge in [-0.2, -0.15) is 0 Å². The topological polar surface area (TPSA) is 101 Å². The molecule has 4 rings (SSSR count). The Kier molecular flexibility index (Phi) is 6.64. The number of hydrogen-bond donors (Lipinski definition) is 2. The number of ether oxygens (including phenoxy) is 1. The number of benzene rings is 2. The van der Waals surface area contributed by atoms with Crippen LogP contribution in [0.25, 0.3) is 0 Å². The maximum atomic E-state index is 12.7. The summed E-state index contributed by atoms with van der Waals surface area (Å²) in [7, 11) is 1.55. The molecule has 33 heavy (non-hydrogen) atoms. The molecule has 3 aromatic rings. The Balaban J connectivity index is 1.35. The Morgan fingerprint density at radius 2 is 1.88 bits per heavy atom. The molecule has 1 aliphatic heterocycles. The van der Waals surface area contributed by atoms with Crippen LogP contribution >= 0.6 is 0 Å². The Labute approximate surface area is 191 Å². The first kappa shape index (κ1) is 22.0. The molecular weight excluding hydrogens is 420 g/mol. The number of hydrogen-bond acceptors (Lipinski definition) is 5. The van der Waals surface area contributed by atoms with Crippen molar-refractivity contribution in [2.24, 2.45) is 5.92 Å². The van der Waals surface area contributed by atoms with Crippen LogP contribution in [0.3, 0.4) is 0 Å². The monoisotopic (exact) mass is 444 g/mol. The number of pyridine rings is 1. The van der Waals surface area contributed by atoms with E-state index in [1.165, 1.54) is 0 Å². The number of carbonyl (C=O) groups is 3. The number of aromatic nitrogens is 1. The first-order valence-electron chi connectivity index (χ1n) is 10.6. The molecule has 1 aromatic heterocycles. The van der Waals surface area contributed by atoms with E-state index in [1.807, 2.05) is 30.3 Å². The molecule has 1 atom stereocenters. The highest BCUT2D eigenvalue weighted by Gasteiger charge is 2.36. The van der Waals surface area contributed by atoms with Crippen molar-refractivity contribution in [3.63, 3.8) is 0 Å². The molecule has 1 saturated heterocycles. The second-order valence-electron chi connectivity index (χ2n) is 7.69. The third-order valence-corrected chi connectivity index (χ3v) is 5.47. The number of methoxy groups -OCH3 is 1. The van der Waals surface area contributed by atoms with Crippen LogP contribution in [0.1, 0.15) is 22.3 Å². The van der Waals surface area contributed by atoms with Crippen molar-refractivity contribution in [2.75, 3.05) is 23.9 Å². The van der Waals surface area contributed by atoms with Gasteiger partial charge in [0.05, 0.1) is 18.7 Å². The van der Waals surface area contributed by atoms with Gasteiger partial charge in [0.25, 0.3) is 5.91 Å². The van der Waals surface area contributed by atoms with Crippen molar-refractivity contribution >= 4 is 29.1 Å². The molecule has 0 radical (unpaired) electrons. The lowest BCUT2D eigenvalue weighted by Crippen LogP contribution is -2.32. The Morgan fingerprint density at radius 1 is 1.09 bits per heavy atom. The van der Waals surface area contributed by atoms with Crippen LogP contribution in [-0.2, 0) is 16.1 Å². The van der Waals surface area contributed by atoms with Crippen LogP contribution in [-0.4, -0.2) is 36.4 Å². The molecule has 1 aliphatic rings. The minimum absolute atomic E-state index is 0.111. The number of para-hydroxylation sites is 2. The molecule has 1 fully saturated rings. The molecule has 0 saturated carbocycles. The van der Waals surface area contributed by atoms with E-state index in [0.29, 0.717) is 29.2 Å². The van der Waals surface area contributed by atoms with Crippen molar-refractivity contribution in [3.8, 4) is 5.75 Å². The lowest BCUT2D eigenvalue weighted by Gasteiger charge is -2.19. The molecule has 3 amide bonds. The quantitative estimate of drug-likeness (QED) is 0.584. The summed E-state index contributed by atoms with van der Waals surface area (Å²) in [5, 5.41) is 5.74. The van der Waals surface area contributed by atoms with Crippen LogP contribution in [0.4, 0.5) is 11.4 Å². The number of nitrogens with zero attached hydrogens (tertiary/aromatic N) is 2. The first-order valence-corrected chi connectivity index (χ1v) is 10.6. The van der Waals surface area contributed by atoms with Gasteiger partial charge >= 0.3 is 0 Å². The number of nitrogens with one attached hydrogen (secondary N) is 2. The van der Waals surface area contributed by atoms with Gasteiger partial charge in [0.15, 0.2) is 0 Å². The summed E-state index contributed by atoms with van der Waals surface area (Å²) in [4.78, 5) is 43.1. The van der Waals surface area contributed by atoms with E-state index in [2.05, 4.69) is 15.6 Å². The zero-order chi connectivity index (χ0) is 23.2. The van der Waals surface area contributed by atoms with Crippen molar-refractivity contribution in [2.45, 2.75) is 13.0 Å². The van der Waals surface area contributed by atoms with Crippen molar-refractivity contribution < 1.29 is 19.1 Å². The van der Waals surface area contributed by atoms with E-state index in [-0.39, 0.29) is 30.7 Å². The van der Waals surface area contributed by atoms with Crippen LogP contribution in [0.2, 0.25) is 0 Å². The van der Waals surface area contributed by atoms with Crippen molar-refractivity contribution in [1.29, 1.82) is 0 Å². The average molecular weight is 444 g/mol. The Bertz CT molecular complexity index is 1170. The van der Waals surface area contributed by atoms with Crippen molar-refractivity contribution in [3.05, 3.63) is 84.2 Å². The maximum absolute atomic E-state index is 12.7. The van der Waals surface area contributed by atoms with Gasteiger partial charge in [0.1, 0.15) is 5.75 Å². The van der Waals surface area contributed by atoms with Gasteiger partial charge in [0, 0.05) is 43.2 Å². The SMILES string of the molecule is COc1ccccc1N1CC(C(=O)NCc2cccc(NC(=O)c3ccncc3)c2)CC1=O. The van der Waals surface area contributed by atoms with E-state index in [9.17, 15) is 14.4 Å². The molecule has 2 heterocycles. The second kappa shape index (κ2) is 9.95.